The van der Waals surface area contributed by atoms with Crippen LogP contribution in [-0.2, 0) is 9.59 Å². The summed E-state index contributed by atoms with van der Waals surface area (Å²) in [5.41, 5.74) is -0.599. The van der Waals surface area contributed by atoms with Gasteiger partial charge in [0, 0.05) is 18.0 Å². The van der Waals surface area contributed by atoms with Crippen LogP contribution in [0.1, 0.15) is 48.5 Å². The summed E-state index contributed by atoms with van der Waals surface area (Å²) in [7, 11) is 0. The third-order valence-electron chi connectivity index (χ3n) is 2.01. The maximum atomic E-state index is 11.7. The predicted molar refractivity (Wildman–Crippen MR) is 65.0 cm³/mol. The van der Waals surface area contributed by atoms with E-state index in [2.05, 4.69) is 5.32 Å². The van der Waals surface area contributed by atoms with Crippen molar-refractivity contribution in [3.8, 4) is 0 Å². The lowest BCUT2D eigenvalue weighted by Gasteiger charge is -2.35. The zero-order valence-corrected chi connectivity index (χ0v) is 11.5. The van der Waals surface area contributed by atoms with Crippen LogP contribution in [-0.4, -0.2) is 34.3 Å². The quantitative estimate of drug-likeness (QED) is 0.779. The van der Waals surface area contributed by atoms with E-state index < -0.39 is 0 Å². The van der Waals surface area contributed by atoms with Crippen molar-refractivity contribution in [3.05, 3.63) is 0 Å². The second-order valence-electron chi connectivity index (χ2n) is 6.07. The van der Waals surface area contributed by atoms with Gasteiger partial charge in [-0.3, -0.25) is 9.59 Å². The van der Waals surface area contributed by atoms with Gasteiger partial charge in [0.2, 0.25) is 11.8 Å². The average molecular weight is 228 g/mol. The van der Waals surface area contributed by atoms with Gasteiger partial charge in [-0.05, 0) is 41.5 Å². The van der Waals surface area contributed by atoms with Gasteiger partial charge in [-0.2, -0.15) is 0 Å². The topological polar surface area (TPSA) is 49.4 Å². The lowest BCUT2D eigenvalue weighted by atomic mass is 10.1. The van der Waals surface area contributed by atoms with Crippen molar-refractivity contribution < 1.29 is 9.59 Å². The molecule has 2 amide bonds. The second-order valence-corrected chi connectivity index (χ2v) is 6.07. The summed E-state index contributed by atoms with van der Waals surface area (Å²) in [6, 6.07) is 0. The van der Waals surface area contributed by atoms with Crippen LogP contribution < -0.4 is 5.32 Å². The van der Waals surface area contributed by atoms with Crippen molar-refractivity contribution in [1.29, 1.82) is 0 Å². The van der Waals surface area contributed by atoms with Gasteiger partial charge in [0.05, 0.1) is 0 Å². The lowest BCUT2D eigenvalue weighted by molar-refractivity contribution is -0.139. The third-order valence-corrected chi connectivity index (χ3v) is 2.01. The Labute approximate surface area is 98.4 Å². The van der Waals surface area contributed by atoms with Crippen molar-refractivity contribution in [2.75, 3.05) is 6.54 Å². The van der Waals surface area contributed by atoms with E-state index in [1.54, 1.807) is 4.90 Å². The van der Waals surface area contributed by atoms with Gasteiger partial charge in [-0.1, -0.05) is 0 Å². The fourth-order valence-corrected chi connectivity index (χ4v) is 1.42. The molecule has 0 spiro atoms. The van der Waals surface area contributed by atoms with Crippen LogP contribution in [0.5, 0.6) is 0 Å². The Hall–Kier alpha value is -1.06. The van der Waals surface area contributed by atoms with Crippen molar-refractivity contribution >= 4 is 11.8 Å². The molecule has 4 heteroatoms. The molecule has 1 N–H and O–H groups in total. The average Bonchev–Trinajstić information content (AvgIpc) is 1.93. The molecule has 0 fully saturated rings. The first kappa shape index (κ1) is 14.9. The molecule has 0 unspecified atom stereocenters. The fraction of sp³-hybridized carbons (Fsp3) is 0.833. The van der Waals surface area contributed by atoms with E-state index in [9.17, 15) is 9.59 Å². The molecule has 94 valence electrons. The fourth-order valence-electron chi connectivity index (χ4n) is 1.42. The number of amides is 2. The Morgan fingerprint density at radius 3 is 1.75 bits per heavy atom. The van der Waals surface area contributed by atoms with Gasteiger partial charge in [0.25, 0.3) is 0 Å². The molecule has 0 aliphatic carbocycles. The Balaban J connectivity index is 4.56. The maximum Gasteiger partial charge on any atom is 0.240 e. The van der Waals surface area contributed by atoms with Gasteiger partial charge < -0.3 is 10.2 Å². The smallest absolute Gasteiger partial charge is 0.240 e. The predicted octanol–water partition coefficient (Wildman–Crippen LogP) is 1.55. The first-order valence-corrected chi connectivity index (χ1v) is 5.53. The van der Waals surface area contributed by atoms with Crippen LogP contribution in [0.4, 0.5) is 0 Å². The van der Waals surface area contributed by atoms with E-state index in [1.807, 2.05) is 41.5 Å². The van der Waals surface area contributed by atoms with Crippen LogP contribution in [0.2, 0.25) is 0 Å². The maximum absolute atomic E-state index is 11.7. The van der Waals surface area contributed by atoms with E-state index in [0.29, 0.717) is 0 Å². The van der Waals surface area contributed by atoms with Crippen LogP contribution in [0.15, 0.2) is 0 Å². The minimum absolute atomic E-state index is 0.0865. The van der Waals surface area contributed by atoms with Gasteiger partial charge in [0.1, 0.15) is 6.54 Å². The van der Waals surface area contributed by atoms with Crippen LogP contribution in [0.25, 0.3) is 0 Å². The molecule has 16 heavy (non-hydrogen) atoms. The highest BCUT2D eigenvalue weighted by Gasteiger charge is 2.26. The summed E-state index contributed by atoms with van der Waals surface area (Å²) in [5, 5.41) is 2.84. The molecule has 4 nitrogen and oxygen atoms in total. The molecule has 0 aliphatic rings. The number of nitrogens with one attached hydrogen (secondary N) is 1. The van der Waals surface area contributed by atoms with Gasteiger partial charge in [-0.15, -0.1) is 0 Å². The summed E-state index contributed by atoms with van der Waals surface area (Å²) < 4.78 is 0. The lowest BCUT2D eigenvalue weighted by Crippen LogP contribution is -2.52. The molecule has 0 aliphatic heterocycles. The molecule has 0 rings (SSSR count). The summed E-state index contributed by atoms with van der Waals surface area (Å²) in [4.78, 5) is 24.7. The highest BCUT2D eigenvalue weighted by atomic mass is 16.2. The summed E-state index contributed by atoms with van der Waals surface area (Å²) >= 11 is 0. The Morgan fingerprint density at radius 2 is 1.50 bits per heavy atom. The van der Waals surface area contributed by atoms with E-state index in [-0.39, 0.29) is 29.4 Å². The number of hydrogen-bond acceptors (Lipinski definition) is 2. The molecule has 0 aromatic carbocycles. The van der Waals surface area contributed by atoms with Crippen molar-refractivity contribution in [3.63, 3.8) is 0 Å². The van der Waals surface area contributed by atoms with E-state index >= 15 is 0 Å². The van der Waals surface area contributed by atoms with E-state index in [0.717, 1.165) is 0 Å². The largest absolute Gasteiger partial charge is 0.350 e. The Morgan fingerprint density at radius 1 is 1.06 bits per heavy atom. The van der Waals surface area contributed by atoms with Gasteiger partial charge in [-0.25, -0.2) is 0 Å². The third kappa shape index (κ3) is 5.73. The SMILES string of the molecule is CC(=O)N(CC(=O)NC(C)(C)C)C(C)(C)C. The molecule has 0 bridgehead atoms. The summed E-state index contributed by atoms with van der Waals surface area (Å²) in [5.74, 6) is -0.214. The van der Waals surface area contributed by atoms with Crippen LogP contribution in [0.3, 0.4) is 0 Å². The number of rotatable bonds is 2. The second kappa shape index (κ2) is 4.85. The minimum atomic E-state index is -0.332. The standard InChI is InChI=1S/C12H24N2O2/c1-9(15)14(12(5,6)7)8-10(16)13-11(2,3)4/h8H2,1-7H3,(H,13,16). The normalized spacial score (nSPS) is 12.2. The highest BCUT2D eigenvalue weighted by Crippen LogP contribution is 2.13. The summed E-state index contributed by atoms with van der Waals surface area (Å²) in [6.45, 7) is 13.1. The molecule has 0 aromatic heterocycles. The van der Waals surface area contributed by atoms with Crippen molar-refractivity contribution in [2.45, 2.75) is 59.5 Å². The molecular formula is C12H24N2O2. The summed E-state index contributed by atoms with van der Waals surface area (Å²) in [6.07, 6.45) is 0. The first-order valence-electron chi connectivity index (χ1n) is 5.53. The monoisotopic (exact) mass is 228 g/mol. The molecular weight excluding hydrogens is 204 g/mol. The van der Waals surface area contributed by atoms with Gasteiger partial charge >= 0.3 is 0 Å². The zero-order chi connectivity index (χ0) is 13.1. The number of carbonyl (C=O) groups is 2. The minimum Gasteiger partial charge on any atom is -0.350 e. The van der Waals surface area contributed by atoms with Crippen LogP contribution in [0, 0.1) is 0 Å². The van der Waals surface area contributed by atoms with Crippen molar-refractivity contribution in [1.82, 2.24) is 10.2 Å². The van der Waals surface area contributed by atoms with E-state index in [4.69, 9.17) is 0 Å². The number of hydrogen-bond donors (Lipinski definition) is 1. The molecule has 0 radical (unpaired) electrons. The first-order chi connectivity index (χ1) is 6.93. The van der Waals surface area contributed by atoms with Crippen LogP contribution >= 0.6 is 0 Å². The Bertz CT molecular complexity index is 272. The zero-order valence-electron chi connectivity index (χ0n) is 11.5. The van der Waals surface area contributed by atoms with E-state index in [1.165, 1.54) is 6.92 Å². The number of nitrogens with zero attached hydrogens (tertiary/aromatic N) is 1. The number of carbonyl (C=O) groups excluding carboxylic acids is 2. The molecule has 0 heterocycles. The highest BCUT2D eigenvalue weighted by molar-refractivity contribution is 5.84. The molecule has 0 atom stereocenters. The molecule has 0 aromatic rings. The Kier molecular flexibility index (Phi) is 4.53. The molecule has 0 saturated carbocycles. The van der Waals surface area contributed by atoms with Crippen molar-refractivity contribution in [2.24, 2.45) is 0 Å². The van der Waals surface area contributed by atoms with Gasteiger partial charge in [0.15, 0.2) is 0 Å². The molecule has 0 saturated heterocycles.